The van der Waals surface area contributed by atoms with Gasteiger partial charge in [-0.15, -0.1) is 0 Å². The topological polar surface area (TPSA) is 102 Å². The fraction of sp³-hybridized carbons (Fsp3) is 0.538. The number of hydrogen-bond acceptors (Lipinski definition) is 6. The van der Waals surface area contributed by atoms with Crippen molar-refractivity contribution in [2.75, 3.05) is 25.7 Å². The van der Waals surface area contributed by atoms with Gasteiger partial charge in [-0.2, -0.15) is 11.8 Å². The van der Waals surface area contributed by atoms with Crippen LogP contribution >= 0.6 is 11.8 Å². The summed E-state index contributed by atoms with van der Waals surface area (Å²) in [6.45, 7) is 3.37. The van der Waals surface area contributed by atoms with Gasteiger partial charge in [-0.05, 0) is 37.8 Å². The summed E-state index contributed by atoms with van der Waals surface area (Å²) in [5, 5.41) is 9.02. The molecule has 0 heterocycles. The first-order valence-electron chi connectivity index (χ1n) is 6.37. The van der Waals surface area contributed by atoms with Crippen LogP contribution in [-0.2, 0) is 10.0 Å². The lowest BCUT2D eigenvalue weighted by atomic mass is 10.2. The summed E-state index contributed by atoms with van der Waals surface area (Å²) in [5.74, 6) is 0.242. The molecular formula is C13H22N2O4S2. The summed E-state index contributed by atoms with van der Waals surface area (Å²) in [6, 6.07) is 2.55. The third kappa shape index (κ3) is 4.26. The molecule has 8 heteroatoms. The second-order valence-electron chi connectivity index (χ2n) is 4.73. The van der Waals surface area contributed by atoms with E-state index in [4.69, 9.17) is 10.5 Å². The molecule has 0 aliphatic carbocycles. The molecule has 0 saturated carbocycles. The molecule has 0 aromatic heterocycles. The first-order chi connectivity index (χ1) is 9.76. The molecule has 0 aliphatic rings. The molecule has 4 N–H and O–H groups in total. The summed E-state index contributed by atoms with van der Waals surface area (Å²) in [5.41, 5.74) is 6.92. The highest BCUT2D eigenvalue weighted by Gasteiger charge is 2.26. The van der Waals surface area contributed by atoms with E-state index in [0.717, 1.165) is 5.56 Å². The molecule has 0 radical (unpaired) electrons. The van der Waals surface area contributed by atoms with Gasteiger partial charge in [0.25, 0.3) is 0 Å². The van der Waals surface area contributed by atoms with Crippen LogP contribution in [0, 0.1) is 6.92 Å². The number of aryl methyl sites for hydroxylation is 1. The Morgan fingerprint density at radius 2 is 2.10 bits per heavy atom. The lowest BCUT2D eigenvalue weighted by Crippen LogP contribution is -2.41. The molecule has 2 atom stereocenters. The number of benzene rings is 1. The SMILES string of the molecule is COc1cc(C)c(N)cc1S(=O)(=O)NC(C)C(CO)SC. The lowest BCUT2D eigenvalue weighted by Gasteiger charge is -2.22. The Hall–Kier alpha value is -0.960. The fourth-order valence-electron chi connectivity index (χ4n) is 1.87. The van der Waals surface area contributed by atoms with Gasteiger partial charge < -0.3 is 15.6 Å². The lowest BCUT2D eigenvalue weighted by molar-refractivity contribution is 0.282. The Labute approximate surface area is 130 Å². The fourth-order valence-corrected chi connectivity index (χ4v) is 4.05. The first-order valence-corrected chi connectivity index (χ1v) is 9.14. The molecule has 0 fully saturated rings. The minimum Gasteiger partial charge on any atom is -0.495 e. The number of methoxy groups -OCH3 is 1. The summed E-state index contributed by atoms with van der Waals surface area (Å²) >= 11 is 1.40. The second kappa shape index (κ2) is 7.35. The van der Waals surface area contributed by atoms with E-state index in [0.29, 0.717) is 5.69 Å². The Morgan fingerprint density at radius 1 is 1.48 bits per heavy atom. The van der Waals surface area contributed by atoms with Gasteiger partial charge in [-0.1, -0.05) is 0 Å². The third-order valence-corrected chi connectivity index (χ3v) is 5.97. The molecule has 2 unspecified atom stereocenters. The van der Waals surface area contributed by atoms with Crippen LogP contribution in [0.1, 0.15) is 12.5 Å². The van der Waals surface area contributed by atoms with Crippen molar-refractivity contribution in [1.29, 1.82) is 0 Å². The van der Waals surface area contributed by atoms with E-state index in [2.05, 4.69) is 4.72 Å². The predicted octanol–water partition coefficient (Wildman–Crippen LogP) is 0.977. The van der Waals surface area contributed by atoms with Gasteiger partial charge in [0.05, 0.1) is 13.7 Å². The molecule has 21 heavy (non-hydrogen) atoms. The maximum atomic E-state index is 12.5. The van der Waals surface area contributed by atoms with Gasteiger partial charge in [0.15, 0.2) is 0 Å². The number of nitrogens with one attached hydrogen (secondary N) is 1. The normalized spacial score (nSPS) is 14.7. The number of aliphatic hydroxyl groups excluding tert-OH is 1. The van der Waals surface area contributed by atoms with E-state index in [1.165, 1.54) is 24.9 Å². The number of anilines is 1. The van der Waals surface area contributed by atoms with Crippen LogP contribution in [0.5, 0.6) is 5.75 Å². The van der Waals surface area contributed by atoms with Crippen molar-refractivity contribution in [2.45, 2.75) is 30.0 Å². The van der Waals surface area contributed by atoms with Crippen LogP contribution in [-0.4, -0.2) is 44.8 Å². The zero-order chi connectivity index (χ0) is 16.2. The first kappa shape index (κ1) is 18.1. The van der Waals surface area contributed by atoms with Crippen molar-refractivity contribution < 1.29 is 18.3 Å². The predicted molar refractivity (Wildman–Crippen MR) is 86.3 cm³/mol. The van der Waals surface area contributed by atoms with Crippen molar-refractivity contribution in [1.82, 2.24) is 4.72 Å². The van der Waals surface area contributed by atoms with Crippen LogP contribution in [0.2, 0.25) is 0 Å². The highest BCUT2D eigenvalue weighted by molar-refractivity contribution is 7.99. The molecule has 6 nitrogen and oxygen atoms in total. The second-order valence-corrected chi connectivity index (χ2v) is 7.49. The zero-order valence-corrected chi connectivity index (χ0v) is 14.2. The van der Waals surface area contributed by atoms with E-state index in [1.807, 2.05) is 6.26 Å². The number of rotatable bonds is 7. The largest absolute Gasteiger partial charge is 0.495 e. The number of aliphatic hydroxyl groups is 1. The Kier molecular flexibility index (Phi) is 6.33. The standard InChI is InChI=1S/C13H22N2O4S2/c1-8-5-11(19-3)13(6-10(8)14)21(17,18)15-9(2)12(7-16)20-4/h5-6,9,12,15-16H,7,14H2,1-4H3. The van der Waals surface area contributed by atoms with Crippen molar-refractivity contribution in [3.63, 3.8) is 0 Å². The molecule has 1 aromatic rings. The number of hydrogen-bond donors (Lipinski definition) is 3. The highest BCUT2D eigenvalue weighted by atomic mass is 32.2. The molecule has 1 rings (SSSR count). The minimum absolute atomic E-state index is 0.00209. The quantitative estimate of drug-likeness (QED) is 0.643. The molecule has 0 spiro atoms. The maximum absolute atomic E-state index is 12.5. The van der Waals surface area contributed by atoms with E-state index >= 15 is 0 Å². The average Bonchev–Trinajstić information content (AvgIpc) is 2.42. The number of thioether (sulfide) groups is 1. The van der Waals surface area contributed by atoms with Gasteiger partial charge in [0, 0.05) is 17.0 Å². The maximum Gasteiger partial charge on any atom is 0.244 e. The zero-order valence-electron chi connectivity index (χ0n) is 12.6. The van der Waals surface area contributed by atoms with Crippen LogP contribution in [0.4, 0.5) is 5.69 Å². The van der Waals surface area contributed by atoms with Gasteiger partial charge in [0.1, 0.15) is 10.6 Å². The third-order valence-electron chi connectivity index (χ3n) is 3.22. The molecule has 0 saturated heterocycles. The smallest absolute Gasteiger partial charge is 0.244 e. The van der Waals surface area contributed by atoms with Crippen LogP contribution < -0.4 is 15.2 Å². The van der Waals surface area contributed by atoms with E-state index < -0.39 is 16.1 Å². The number of nitrogen functional groups attached to an aromatic ring is 1. The Bertz CT molecular complexity index is 586. The van der Waals surface area contributed by atoms with Crippen LogP contribution in [0.25, 0.3) is 0 Å². The van der Waals surface area contributed by atoms with Crippen LogP contribution in [0.3, 0.4) is 0 Å². The summed E-state index contributed by atoms with van der Waals surface area (Å²) in [7, 11) is -2.38. The number of ether oxygens (including phenoxy) is 1. The Morgan fingerprint density at radius 3 is 2.57 bits per heavy atom. The molecule has 0 aliphatic heterocycles. The van der Waals surface area contributed by atoms with Crippen molar-refractivity contribution in [2.24, 2.45) is 0 Å². The van der Waals surface area contributed by atoms with E-state index in [1.54, 1.807) is 19.9 Å². The molecule has 0 bridgehead atoms. The van der Waals surface area contributed by atoms with E-state index in [-0.39, 0.29) is 22.5 Å². The summed E-state index contributed by atoms with van der Waals surface area (Å²) in [4.78, 5) is -0.00209. The van der Waals surface area contributed by atoms with Crippen molar-refractivity contribution in [3.05, 3.63) is 17.7 Å². The number of sulfonamides is 1. The summed E-state index contributed by atoms with van der Waals surface area (Å²) in [6.07, 6.45) is 1.82. The minimum atomic E-state index is -3.79. The van der Waals surface area contributed by atoms with Crippen LogP contribution in [0.15, 0.2) is 17.0 Å². The number of nitrogens with two attached hydrogens (primary N) is 1. The summed E-state index contributed by atoms with van der Waals surface area (Å²) < 4.78 is 32.7. The molecular weight excluding hydrogens is 312 g/mol. The average molecular weight is 334 g/mol. The van der Waals surface area contributed by atoms with Crippen molar-refractivity contribution in [3.8, 4) is 5.75 Å². The molecule has 0 amide bonds. The van der Waals surface area contributed by atoms with Gasteiger partial charge in [0.2, 0.25) is 10.0 Å². The van der Waals surface area contributed by atoms with Gasteiger partial charge in [-0.3, -0.25) is 0 Å². The van der Waals surface area contributed by atoms with Crippen molar-refractivity contribution >= 4 is 27.5 Å². The molecule has 1 aromatic carbocycles. The monoisotopic (exact) mass is 334 g/mol. The highest BCUT2D eigenvalue weighted by Crippen LogP contribution is 2.29. The van der Waals surface area contributed by atoms with Gasteiger partial charge >= 0.3 is 0 Å². The van der Waals surface area contributed by atoms with Gasteiger partial charge in [-0.25, -0.2) is 13.1 Å². The van der Waals surface area contributed by atoms with E-state index in [9.17, 15) is 13.5 Å². The molecule has 120 valence electrons. The Balaban J connectivity index is 3.16.